The van der Waals surface area contributed by atoms with Gasteiger partial charge in [0.15, 0.2) is 0 Å². The normalized spacial score (nSPS) is 0. The summed E-state index contributed by atoms with van der Waals surface area (Å²) in [4.78, 5) is 0. The second-order valence-electron chi connectivity index (χ2n) is 0. The first kappa shape index (κ1) is 38.0. The first-order valence-corrected chi connectivity index (χ1v) is 0. The van der Waals surface area contributed by atoms with Crippen molar-refractivity contribution < 1.29 is 73.1 Å². The van der Waals surface area contributed by atoms with Gasteiger partial charge in [-0.05, 0) is 0 Å². The van der Waals surface area contributed by atoms with E-state index < -0.39 is 0 Å². The van der Waals surface area contributed by atoms with E-state index in [9.17, 15) is 0 Å². The molecule has 0 aliphatic rings. The van der Waals surface area contributed by atoms with Gasteiger partial charge in [-0.2, -0.15) is 0 Å². The van der Waals surface area contributed by atoms with Gasteiger partial charge in [-0.25, -0.2) is 0 Å². The molecule has 0 saturated heterocycles. The van der Waals surface area contributed by atoms with E-state index in [-0.39, 0.29) is 73.1 Å². The van der Waals surface area contributed by atoms with E-state index in [4.69, 9.17) is 0 Å². The summed E-state index contributed by atoms with van der Waals surface area (Å²) in [5.41, 5.74) is 0. The molecule has 0 saturated carbocycles. The first-order valence-electron chi connectivity index (χ1n) is 0. The largest absolute Gasteiger partial charge is 4.00 e. The molecule has 0 unspecified atom stereocenters. The summed E-state index contributed by atoms with van der Waals surface area (Å²) < 4.78 is 0. The molecule has 4 heteroatoms. The Bertz CT molecular complexity index is 6.00. The minimum atomic E-state index is 0. The molecule has 0 aliphatic carbocycles. The predicted molar refractivity (Wildman–Crippen MR) is 1.37 cm³/mol. The van der Waals surface area contributed by atoms with Gasteiger partial charge in [0.1, 0.15) is 0 Å². The second-order valence-corrected chi connectivity index (χ2v) is 0. The summed E-state index contributed by atoms with van der Waals surface area (Å²) >= 11 is 0. The van der Waals surface area contributed by atoms with E-state index in [0.29, 0.717) is 0 Å². The van der Waals surface area contributed by atoms with Gasteiger partial charge in [0.25, 0.3) is 0 Å². The topological polar surface area (TPSA) is 57.0 Å². The van der Waals surface area contributed by atoms with Crippen molar-refractivity contribution in [2.75, 3.05) is 0 Å². The van der Waals surface area contributed by atoms with Gasteiger partial charge in [-0.3, -0.25) is 0 Å². The van der Waals surface area contributed by atoms with E-state index in [0.717, 1.165) is 0 Å². The van der Waals surface area contributed by atoms with E-state index >= 15 is 0 Å². The maximum absolute atomic E-state index is 0. The standard InChI is InChI=1S/2O.Sm.Ti/q2*-2;+3;+4. The fourth-order valence-corrected chi connectivity index (χ4v) is 0. The Labute approximate surface area is 71.9 Å². The molecule has 0 aliphatic heterocycles. The van der Waals surface area contributed by atoms with Crippen molar-refractivity contribution in [3.05, 3.63) is 0 Å². The molecule has 0 heterocycles. The van der Waals surface area contributed by atoms with Crippen molar-refractivity contribution in [1.29, 1.82) is 0 Å². The third-order valence-corrected chi connectivity index (χ3v) is 0. The minimum Gasteiger partial charge on any atom is -2.00 e. The van der Waals surface area contributed by atoms with Gasteiger partial charge in [0, 0.05) is 0 Å². The summed E-state index contributed by atoms with van der Waals surface area (Å²) in [5.74, 6) is 0. The monoisotopic (exact) mass is 232 g/mol. The Balaban J connectivity index is 0. The van der Waals surface area contributed by atoms with Crippen molar-refractivity contribution in [1.82, 2.24) is 0 Å². The van der Waals surface area contributed by atoms with Crippen molar-refractivity contribution in [3.63, 3.8) is 0 Å². The summed E-state index contributed by atoms with van der Waals surface area (Å²) in [6, 6.07) is 0. The number of hydrogen-bond donors (Lipinski definition) is 0. The molecule has 0 fully saturated rings. The van der Waals surface area contributed by atoms with Gasteiger partial charge in [0.05, 0.1) is 0 Å². The molecule has 19 valence electrons. The van der Waals surface area contributed by atoms with Crippen LogP contribution in [-0.4, -0.2) is 0 Å². The molecule has 0 amide bonds. The summed E-state index contributed by atoms with van der Waals surface area (Å²) in [7, 11) is 0. The zero-order valence-electron chi connectivity index (χ0n) is 1.72. The van der Waals surface area contributed by atoms with E-state index in [1.54, 1.807) is 0 Å². The van der Waals surface area contributed by atoms with Gasteiger partial charge in [-0.15, -0.1) is 0 Å². The van der Waals surface area contributed by atoms with Crippen LogP contribution in [0, 0.1) is 40.4 Å². The van der Waals surface area contributed by atoms with E-state index in [1.165, 1.54) is 0 Å². The molecule has 0 spiro atoms. The number of rotatable bonds is 0. The van der Waals surface area contributed by atoms with Crippen LogP contribution in [0.3, 0.4) is 0 Å². The van der Waals surface area contributed by atoms with Crippen LogP contribution in [0.2, 0.25) is 0 Å². The summed E-state index contributed by atoms with van der Waals surface area (Å²) in [5, 5.41) is 0. The minimum absolute atomic E-state index is 0. The Kier molecular flexibility index (Phi) is 191. The molecule has 0 aromatic heterocycles. The summed E-state index contributed by atoms with van der Waals surface area (Å²) in [6.45, 7) is 0. The summed E-state index contributed by atoms with van der Waals surface area (Å²) in [6.07, 6.45) is 0. The second kappa shape index (κ2) is 20.2. The molecule has 0 aromatic rings. The fraction of sp³-hybridized carbons (Fsp3) is 0. The molecule has 4 heavy (non-hydrogen) atoms. The molecule has 0 aromatic carbocycles. The molecule has 0 N–H and O–H groups in total. The van der Waals surface area contributed by atoms with Crippen molar-refractivity contribution in [3.8, 4) is 0 Å². The maximum Gasteiger partial charge on any atom is 4.00 e. The van der Waals surface area contributed by atoms with Gasteiger partial charge in [0.2, 0.25) is 0 Å². The van der Waals surface area contributed by atoms with Crippen molar-refractivity contribution in [2.24, 2.45) is 0 Å². The molecular weight excluding hydrogens is 230 g/mol. The van der Waals surface area contributed by atoms with Crippen molar-refractivity contribution in [2.45, 2.75) is 0 Å². The molecule has 0 atom stereocenters. The van der Waals surface area contributed by atoms with Gasteiger partial charge >= 0.3 is 62.1 Å². The smallest absolute Gasteiger partial charge is 2.00 e. The SMILES string of the molecule is [O-2].[O-2].[Sm+3].[Ti+4]. The fourth-order valence-electron chi connectivity index (χ4n) is 0. The predicted octanol–water partition coefficient (Wildman–Crippen LogP) is -0.240. The average Bonchev–Trinajstić information content (AvgIpc) is 0. The zero-order chi connectivity index (χ0) is 0. The quantitative estimate of drug-likeness (QED) is 0.516. The molecular formula is O2SmTi+3. The van der Waals surface area contributed by atoms with Crippen LogP contribution >= 0.6 is 0 Å². The zero-order valence-corrected chi connectivity index (χ0v) is 5.91. The number of hydrogen-bond acceptors (Lipinski definition) is 0. The molecule has 2 nitrogen and oxygen atoms in total. The molecule has 1 radical (unpaired) electrons. The van der Waals surface area contributed by atoms with Crippen LogP contribution in [0.15, 0.2) is 0 Å². The van der Waals surface area contributed by atoms with Crippen LogP contribution in [-0.2, 0) is 32.7 Å². The third kappa shape index (κ3) is 9.02. The average molecular weight is 230 g/mol. The third-order valence-electron chi connectivity index (χ3n) is 0. The Hall–Kier alpha value is 1.97. The van der Waals surface area contributed by atoms with E-state index in [2.05, 4.69) is 0 Å². The Morgan fingerprint density at radius 1 is 0.750 bits per heavy atom. The van der Waals surface area contributed by atoms with Crippen LogP contribution in [0.25, 0.3) is 0 Å². The Morgan fingerprint density at radius 3 is 0.750 bits per heavy atom. The maximum atomic E-state index is 0. The first-order chi connectivity index (χ1) is 0. The van der Waals surface area contributed by atoms with Crippen LogP contribution in [0.4, 0.5) is 0 Å². The van der Waals surface area contributed by atoms with Gasteiger partial charge < -0.3 is 11.0 Å². The van der Waals surface area contributed by atoms with Crippen LogP contribution < -0.4 is 0 Å². The van der Waals surface area contributed by atoms with Crippen molar-refractivity contribution >= 4 is 0 Å². The van der Waals surface area contributed by atoms with Crippen LogP contribution in [0.5, 0.6) is 0 Å². The van der Waals surface area contributed by atoms with Gasteiger partial charge in [-0.1, -0.05) is 0 Å². The molecule has 0 bridgehead atoms. The Morgan fingerprint density at radius 2 is 0.750 bits per heavy atom. The van der Waals surface area contributed by atoms with E-state index in [1.807, 2.05) is 0 Å². The molecule has 0 rings (SSSR count). The van der Waals surface area contributed by atoms with Crippen LogP contribution in [0.1, 0.15) is 0 Å².